The van der Waals surface area contributed by atoms with E-state index in [-0.39, 0.29) is 0 Å². The van der Waals surface area contributed by atoms with Gasteiger partial charge in [0.2, 0.25) is 0 Å². The molecule has 0 aromatic heterocycles. The van der Waals surface area contributed by atoms with Crippen molar-refractivity contribution in [3.05, 3.63) is 24.3 Å². The molecule has 164 valence electrons. The van der Waals surface area contributed by atoms with Crippen LogP contribution in [0.15, 0.2) is 24.3 Å². The largest absolute Gasteiger partial charge is 0.481 e. The van der Waals surface area contributed by atoms with Gasteiger partial charge in [0.15, 0.2) is 0 Å². The molecule has 0 unspecified atom stereocenters. The summed E-state index contributed by atoms with van der Waals surface area (Å²) in [4.78, 5) is 10.4. The van der Waals surface area contributed by atoms with Crippen molar-refractivity contribution in [2.24, 2.45) is 0 Å². The molecule has 0 aliphatic rings. The lowest BCUT2D eigenvalue weighted by Gasteiger charge is -2.03. The topological polar surface area (TPSA) is 37.3 Å². The molecule has 0 saturated carbocycles. The average molecular weight is 393 g/mol. The first-order valence-electron chi connectivity index (χ1n) is 12.3. The number of unbranched alkanes of at least 4 members (excludes halogenated alkanes) is 16. The standard InChI is InChI=1S/C26H48O2/c1-2-3-4-5-6-7-8-9-10-11-12-13-14-15-16-17-18-19-20-21-22-23-24-25-26(27)28/h6-7,9-10H,2-5,8,11-25H2,1H3,(H,27,28). The molecule has 0 aromatic rings. The molecule has 0 radical (unpaired) electrons. The fraction of sp³-hybridized carbons (Fsp3) is 0.808. The van der Waals surface area contributed by atoms with E-state index in [1.807, 2.05) is 0 Å². The highest BCUT2D eigenvalue weighted by atomic mass is 16.4. The Kier molecular flexibility index (Phi) is 23.1. The van der Waals surface area contributed by atoms with E-state index in [4.69, 9.17) is 5.11 Å². The maximum Gasteiger partial charge on any atom is 0.303 e. The molecule has 1 N–H and O–H groups in total. The molecule has 2 nitrogen and oxygen atoms in total. The van der Waals surface area contributed by atoms with Gasteiger partial charge in [-0.05, 0) is 38.5 Å². The molecule has 0 fully saturated rings. The van der Waals surface area contributed by atoms with Crippen molar-refractivity contribution in [3.8, 4) is 0 Å². The van der Waals surface area contributed by atoms with Crippen molar-refractivity contribution in [3.63, 3.8) is 0 Å². The van der Waals surface area contributed by atoms with E-state index < -0.39 is 5.97 Å². The van der Waals surface area contributed by atoms with E-state index in [2.05, 4.69) is 31.2 Å². The van der Waals surface area contributed by atoms with Crippen LogP contribution in [0.4, 0.5) is 0 Å². The Hall–Kier alpha value is -1.05. The lowest BCUT2D eigenvalue weighted by molar-refractivity contribution is -0.137. The molecule has 0 saturated heterocycles. The van der Waals surface area contributed by atoms with Crippen molar-refractivity contribution < 1.29 is 9.90 Å². The second-order valence-electron chi connectivity index (χ2n) is 8.20. The van der Waals surface area contributed by atoms with Gasteiger partial charge in [-0.3, -0.25) is 4.79 Å². The predicted octanol–water partition coefficient (Wildman–Crippen LogP) is 9.01. The first-order chi connectivity index (χ1) is 13.8. The van der Waals surface area contributed by atoms with Gasteiger partial charge in [-0.25, -0.2) is 0 Å². The van der Waals surface area contributed by atoms with Crippen molar-refractivity contribution >= 4 is 5.97 Å². The number of carbonyl (C=O) groups is 1. The van der Waals surface area contributed by atoms with Crippen LogP contribution in [0.3, 0.4) is 0 Å². The molecule has 28 heavy (non-hydrogen) atoms. The Balaban J connectivity index is 3.11. The van der Waals surface area contributed by atoms with Crippen LogP contribution < -0.4 is 0 Å². The number of aliphatic carboxylic acids is 1. The van der Waals surface area contributed by atoms with Crippen LogP contribution in [0, 0.1) is 0 Å². The Morgan fingerprint density at radius 3 is 1.39 bits per heavy atom. The van der Waals surface area contributed by atoms with Gasteiger partial charge in [0.1, 0.15) is 0 Å². The summed E-state index contributed by atoms with van der Waals surface area (Å²) < 4.78 is 0. The van der Waals surface area contributed by atoms with Crippen LogP contribution in [0.5, 0.6) is 0 Å². The number of carboxylic acids is 1. The molecule has 0 rings (SSSR count). The first-order valence-corrected chi connectivity index (χ1v) is 12.3. The number of hydrogen-bond donors (Lipinski definition) is 1. The molecule has 0 atom stereocenters. The Bertz CT molecular complexity index is 371. The van der Waals surface area contributed by atoms with E-state index in [1.165, 1.54) is 103 Å². The van der Waals surface area contributed by atoms with Crippen LogP contribution in [-0.4, -0.2) is 11.1 Å². The highest BCUT2D eigenvalue weighted by Crippen LogP contribution is 2.13. The van der Waals surface area contributed by atoms with Crippen LogP contribution in [0.1, 0.15) is 135 Å². The monoisotopic (exact) mass is 392 g/mol. The highest BCUT2D eigenvalue weighted by Gasteiger charge is 1.97. The van der Waals surface area contributed by atoms with Gasteiger partial charge in [-0.2, -0.15) is 0 Å². The molecular weight excluding hydrogens is 344 g/mol. The number of hydrogen-bond acceptors (Lipinski definition) is 1. The van der Waals surface area contributed by atoms with Crippen LogP contribution >= 0.6 is 0 Å². The fourth-order valence-corrected chi connectivity index (χ4v) is 3.50. The first kappa shape index (κ1) is 27.0. The summed E-state index contributed by atoms with van der Waals surface area (Å²) in [6.07, 6.45) is 34.1. The minimum atomic E-state index is -0.655. The Morgan fingerprint density at radius 2 is 0.964 bits per heavy atom. The van der Waals surface area contributed by atoms with Gasteiger partial charge in [-0.1, -0.05) is 115 Å². The van der Waals surface area contributed by atoms with Crippen LogP contribution in [-0.2, 0) is 4.79 Å². The SMILES string of the molecule is CCCCCC=CCC=CCCCCCCCCCCCCCCCC(=O)O. The quantitative estimate of drug-likeness (QED) is 0.147. The van der Waals surface area contributed by atoms with E-state index >= 15 is 0 Å². The number of allylic oxidation sites excluding steroid dienone is 4. The van der Waals surface area contributed by atoms with Gasteiger partial charge < -0.3 is 5.11 Å². The summed E-state index contributed by atoms with van der Waals surface area (Å²) in [6.45, 7) is 2.26. The van der Waals surface area contributed by atoms with Gasteiger partial charge in [0, 0.05) is 6.42 Å². The van der Waals surface area contributed by atoms with Crippen LogP contribution in [0.25, 0.3) is 0 Å². The van der Waals surface area contributed by atoms with Gasteiger partial charge in [-0.15, -0.1) is 0 Å². The maximum absolute atomic E-state index is 10.4. The molecule has 0 aliphatic heterocycles. The summed E-state index contributed by atoms with van der Waals surface area (Å²) in [5.41, 5.74) is 0. The lowest BCUT2D eigenvalue weighted by Crippen LogP contribution is -1.93. The molecule has 0 heterocycles. The zero-order valence-corrected chi connectivity index (χ0v) is 18.8. The lowest BCUT2D eigenvalue weighted by atomic mass is 10.0. The Labute approximate surface area is 175 Å². The number of rotatable bonds is 22. The zero-order valence-electron chi connectivity index (χ0n) is 18.8. The molecule has 0 amide bonds. The maximum atomic E-state index is 10.4. The summed E-state index contributed by atoms with van der Waals surface area (Å²) in [7, 11) is 0. The second-order valence-corrected chi connectivity index (χ2v) is 8.20. The van der Waals surface area contributed by atoms with E-state index in [9.17, 15) is 4.79 Å². The smallest absolute Gasteiger partial charge is 0.303 e. The summed E-state index contributed by atoms with van der Waals surface area (Å²) in [5, 5.41) is 8.58. The third-order valence-electron chi connectivity index (χ3n) is 5.34. The van der Waals surface area contributed by atoms with Gasteiger partial charge in [0.05, 0.1) is 0 Å². The fourth-order valence-electron chi connectivity index (χ4n) is 3.50. The summed E-state index contributed by atoms with van der Waals surface area (Å²) >= 11 is 0. The Morgan fingerprint density at radius 1 is 0.571 bits per heavy atom. The van der Waals surface area contributed by atoms with Crippen molar-refractivity contribution in [1.29, 1.82) is 0 Å². The summed E-state index contributed by atoms with van der Waals surface area (Å²) in [5.74, 6) is -0.655. The minimum Gasteiger partial charge on any atom is -0.481 e. The highest BCUT2D eigenvalue weighted by molar-refractivity contribution is 5.66. The van der Waals surface area contributed by atoms with E-state index in [1.54, 1.807) is 0 Å². The molecule has 2 heteroatoms. The van der Waals surface area contributed by atoms with Crippen molar-refractivity contribution in [2.45, 2.75) is 135 Å². The minimum absolute atomic E-state index is 0.340. The molecule has 0 aliphatic carbocycles. The third kappa shape index (κ3) is 24.9. The summed E-state index contributed by atoms with van der Waals surface area (Å²) in [6, 6.07) is 0. The molecule has 0 spiro atoms. The molecular formula is C26H48O2. The van der Waals surface area contributed by atoms with Crippen molar-refractivity contribution in [1.82, 2.24) is 0 Å². The predicted molar refractivity (Wildman–Crippen MR) is 124 cm³/mol. The van der Waals surface area contributed by atoms with Crippen LogP contribution in [0.2, 0.25) is 0 Å². The van der Waals surface area contributed by atoms with Crippen molar-refractivity contribution in [2.75, 3.05) is 0 Å². The third-order valence-corrected chi connectivity index (χ3v) is 5.34. The average Bonchev–Trinajstić information content (AvgIpc) is 2.68. The van der Waals surface area contributed by atoms with Gasteiger partial charge in [0.25, 0.3) is 0 Å². The zero-order chi connectivity index (χ0) is 20.5. The molecule has 0 aromatic carbocycles. The number of carboxylic acid groups (broad SMARTS) is 1. The second kappa shape index (κ2) is 24.0. The van der Waals surface area contributed by atoms with E-state index in [0.717, 1.165) is 19.3 Å². The van der Waals surface area contributed by atoms with Gasteiger partial charge >= 0.3 is 5.97 Å². The molecule has 0 bridgehead atoms. The van der Waals surface area contributed by atoms with E-state index in [0.29, 0.717) is 6.42 Å². The normalized spacial score (nSPS) is 11.8.